The highest BCUT2D eigenvalue weighted by Crippen LogP contribution is 2.34. The van der Waals surface area contributed by atoms with Crippen molar-refractivity contribution in [3.8, 4) is 11.1 Å². The summed E-state index contributed by atoms with van der Waals surface area (Å²) in [6.45, 7) is 0. The summed E-state index contributed by atoms with van der Waals surface area (Å²) in [7, 11) is -2.58. The van der Waals surface area contributed by atoms with Gasteiger partial charge in [0, 0.05) is 24.4 Å². The molecule has 0 unspecified atom stereocenters. The SMILES string of the molecule is Cn1ncc(-c2ccc(C(F)(F)F)cc2S(C)(=O)=O)[c]c1=O. The number of aryl methyl sites for hydroxylation is 1. The topological polar surface area (TPSA) is 69.0 Å². The van der Waals surface area contributed by atoms with Gasteiger partial charge < -0.3 is 0 Å². The van der Waals surface area contributed by atoms with E-state index in [1.54, 1.807) is 0 Å². The van der Waals surface area contributed by atoms with E-state index in [4.69, 9.17) is 0 Å². The fourth-order valence-corrected chi connectivity index (χ4v) is 2.71. The van der Waals surface area contributed by atoms with Gasteiger partial charge in [0.1, 0.15) is 0 Å². The Kier molecular flexibility index (Phi) is 3.86. The van der Waals surface area contributed by atoms with Crippen LogP contribution in [0.15, 0.2) is 34.1 Å². The molecule has 0 aliphatic carbocycles. The van der Waals surface area contributed by atoms with E-state index in [-0.39, 0.29) is 11.1 Å². The number of benzene rings is 1. The molecule has 22 heavy (non-hydrogen) atoms. The van der Waals surface area contributed by atoms with Crippen molar-refractivity contribution in [2.45, 2.75) is 11.1 Å². The fraction of sp³-hybridized carbons (Fsp3) is 0.231. The lowest BCUT2D eigenvalue weighted by Crippen LogP contribution is -2.18. The fourth-order valence-electron chi connectivity index (χ4n) is 1.79. The maximum atomic E-state index is 12.7. The van der Waals surface area contributed by atoms with Crippen molar-refractivity contribution in [2.24, 2.45) is 7.05 Å². The molecule has 2 rings (SSSR count). The van der Waals surface area contributed by atoms with Crippen LogP contribution in [-0.4, -0.2) is 24.5 Å². The van der Waals surface area contributed by atoms with Gasteiger partial charge in [0.15, 0.2) is 9.84 Å². The summed E-state index contributed by atoms with van der Waals surface area (Å²) in [5.41, 5.74) is -1.76. The summed E-state index contributed by atoms with van der Waals surface area (Å²) >= 11 is 0. The van der Waals surface area contributed by atoms with Crippen LogP contribution in [-0.2, 0) is 23.1 Å². The average Bonchev–Trinajstić information content (AvgIpc) is 2.39. The lowest BCUT2D eigenvalue weighted by molar-refractivity contribution is -0.137. The van der Waals surface area contributed by atoms with E-state index >= 15 is 0 Å². The zero-order valence-electron chi connectivity index (χ0n) is 11.5. The van der Waals surface area contributed by atoms with Gasteiger partial charge in [-0.1, -0.05) is 6.07 Å². The van der Waals surface area contributed by atoms with Gasteiger partial charge in [0.25, 0.3) is 5.56 Å². The smallest absolute Gasteiger partial charge is 0.267 e. The van der Waals surface area contributed by atoms with Gasteiger partial charge in [-0.05, 0) is 12.1 Å². The van der Waals surface area contributed by atoms with Crippen LogP contribution in [0.5, 0.6) is 0 Å². The third-order valence-corrected chi connectivity index (χ3v) is 4.03. The first kappa shape index (κ1) is 16.2. The molecule has 5 nitrogen and oxygen atoms in total. The third-order valence-electron chi connectivity index (χ3n) is 2.89. The van der Waals surface area contributed by atoms with Crippen LogP contribution in [0.25, 0.3) is 11.1 Å². The minimum absolute atomic E-state index is 0.0113. The number of nitrogens with zero attached hydrogens (tertiary/aromatic N) is 2. The second-order valence-electron chi connectivity index (χ2n) is 4.59. The maximum absolute atomic E-state index is 12.7. The van der Waals surface area contributed by atoms with Crippen LogP contribution in [0.2, 0.25) is 0 Å². The molecule has 2 aromatic rings. The molecule has 0 N–H and O–H groups in total. The number of hydrogen-bond acceptors (Lipinski definition) is 4. The van der Waals surface area contributed by atoms with Crippen molar-refractivity contribution in [1.29, 1.82) is 0 Å². The zero-order valence-corrected chi connectivity index (χ0v) is 12.3. The number of hydrogen-bond donors (Lipinski definition) is 0. The number of rotatable bonds is 2. The quantitative estimate of drug-likeness (QED) is 0.839. The normalized spacial score (nSPS) is 12.4. The molecule has 1 aromatic carbocycles. The highest BCUT2D eigenvalue weighted by atomic mass is 32.2. The standard InChI is InChI=1S/C13H10F3N2O3S/c1-18-12(19)5-8(7-17-18)10-4-3-9(13(14,15)16)6-11(10)22(2,20)21/h3-4,6-7H,1-2H3. The van der Waals surface area contributed by atoms with Crippen molar-refractivity contribution in [2.75, 3.05) is 6.26 Å². The van der Waals surface area contributed by atoms with E-state index in [0.717, 1.165) is 23.1 Å². The Bertz CT molecular complexity index is 886. The van der Waals surface area contributed by atoms with Crippen molar-refractivity contribution in [3.63, 3.8) is 0 Å². The van der Waals surface area contributed by atoms with E-state index in [2.05, 4.69) is 11.2 Å². The van der Waals surface area contributed by atoms with Gasteiger partial charge in [0.05, 0.1) is 22.7 Å². The summed E-state index contributed by atoms with van der Waals surface area (Å²) in [6.07, 6.45) is -2.72. The van der Waals surface area contributed by atoms with Crippen LogP contribution in [0.1, 0.15) is 5.56 Å². The molecule has 0 atom stereocenters. The number of alkyl halides is 3. The molecular formula is C13H10F3N2O3S. The summed E-state index contributed by atoms with van der Waals surface area (Å²) in [6, 6.07) is 4.64. The molecule has 0 aliphatic heterocycles. The number of aromatic nitrogens is 2. The lowest BCUT2D eigenvalue weighted by Gasteiger charge is -2.12. The largest absolute Gasteiger partial charge is 0.416 e. The molecule has 1 aromatic heterocycles. The molecule has 117 valence electrons. The van der Waals surface area contributed by atoms with Gasteiger partial charge in [-0.3, -0.25) is 4.79 Å². The van der Waals surface area contributed by atoms with Crippen LogP contribution in [0.3, 0.4) is 0 Å². The average molecular weight is 331 g/mol. The van der Waals surface area contributed by atoms with Gasteiger partial charge in [-0.15, -0.1) is 0 Å². The van der Waals surface area contributed by atoms with Gasteiger partial charge in [-0.2, -0.15) is 18.3 Å². The van der Waals surface area contributed by atoms with E-state index < -0.39 is 32.0 Å². The molecule has 1 heterocycles. The summed E-state index contributed by atoms with van der Waals surface area (Å²) in [5, 5.41) is 3.71. The van der Waals surface area contributed by atoms with Crippen LogP contribution < -0.4 is 5.56 Å². The first-order valence-corrected chi connectivity index (χ1v) is 7.76. The van der Waals surface area contributed by atoms with E-state index in [9.17, 15) is 26.4 Å². The van der Waals surface area contributed by atoms with Gasteiger partial charge in [-0.25, -0.2) is 13.1 Å². The predicted octanol–water partition coefficient (Wildman–Crippen LogP) is 1.67. The highest BCUT2D eigenvalue weighted by molar-refractivity contribution is 7.90. The third kappa shape index (κ3) is 3.19. The van der Waals surface area contributed by atoms with E-state index in [1.807, 2.05) is 0 Å². The predicted molar refractivity (Wildman–Crippen MR) is 71.9 cm³/mol. The Morgan fingerprint density at radius 1 is 1.27 bits per heavy atom. The van der Waals surface area contributed by atoms with E-state index in [1.165, 1.54) is 13.2 Å². The lowest BCUT2D eigenvalue weighted by atomic mass is 10.1. The molecule has 1 radical (unpaired) electrons. The minimum atomic E-state index is -4.67. The Morgan fingerprint density at radius 3 is 2.41 bits per heavy atom. The molecule has 0 fully saturated rings. The molecule has 0 saturated carbocycles. The molecule has 0 amide bonds. The monoisotopic (exact) mass is 331 g/mol. The van der Waals surface area contributed by atoms with Gasteiger partial charge >= 0.3 is 6.18 Å². The molecule has 9 heteroatoms. The second kappa shape index (κ2) is 5.24. The van der Waals surface area contributed by atoms with Gasteiger partial charge in [0.2, 0.25) is 0 Å². The summed E-state index contributed by atoms with van der Waals surface area (Å²) in [5.74, 6) is 0. The zero-order chi connectivity index (χ0) is 16.7. The summed E-state index contributed by atoms with van der Waals surface area (Å²) < 4.78 is 62.7. The van der Waals surface area contributed by atoms with Crippen molar-refractivity contribution in [3.05, 3.63) is 46.4 Å². The Morgan fingerprint density at radius 2 is 1.91 bits per heavy atom. The molecule has 0 bridgehead atoms. The Labute approximate surface area is 123 Å². The molecular weight excluding hydrogens is 321 g/mol. The second-order valence-corrected chi connectivity index (χ2v) is 6.58. The molecule has 0 aliphatic rings. The van der Waals surface area contributed by atoms with Crippen LogP contribution in [0.4, 0.5) is 13.2 Å². The maximum Gasteiger partial charge on any atom is 0.416 e. The Hall–Kier alpha value is -2.16. The Balaban J connectivity index is 2.76. The first-order valence-electron chi connectivity index (χ1n) is 5.87. The van der Waals surface area contributed by atoms with E-state index in [0.29, 0.717) is 6.07 Å². The molecule has 0 saturated heterocycles. The summed E-state index contributed by atoms with van der Waals surface area (Å²) in [4.78, 5) is 11.0. The van der Waals surface area contributed by atoms with Crippen molar-refractivity contribution in [1.82, 2.24) is 9.78 Å². The first-order chi connectivity index (χ1) is 10.00. The van der Waals surface area contributed by atoms with Crippen LogP contribution >= 0.6 is 0 Å². The van der Waals surface area contributed by atoms with Crippen LogP contribution in [0, 0.1) is 6.07 Å². The number of sulfone groups is 1. The number of halogens is 3. The molecule has 0 spiro atoms. The highest BCUT2D eigenvalue weighted by Gasteiger charge is 2.32. The van der Waals surface area contributed by atoms with Crippen molar-refractivity contribution >= 4 is 9.84 Å². The minimum Gasteiger partial charge on any atom is -0.267 e. The van der Waals surface area contributed by atoms with Crippen molar-refractivity contribution < 1.29 is 21.6 Å².